The molecule has 1 atom stereocenters. The molecule has 4 nitrogen and oxygen atoms in total. The highest BCUT2D eigenvalue weighted by molar-refractivity contribution is 8.00. The molecule has 0 N–H and O–H groups in total. The number of thioether (sulfide) groups is 1. The van der Waals surface area contributed by atoms with Crippen molar-refractivity contribution >= 4 is 17.5 Å². The number of carbonyl (C=O) groups is 1. The van der Waals surface area contributed by atoms with Crippen molar-refractivity contribution in [3.63, 3.8) is 0 Å². The Morgan fingerprint density at radius 2 is 2.50 bits per heavy atom. The molecule has 0 bridgehead atoms. The highest BCUT2D eigenvalue weighted by atomic mass is 32.2. The van der Waals surface area contributed by atoms with E-state index in [9.17, 15) is 4.79 Å². The standard InChI is InChI=1S/C11H17N3OS/c1-8(2)14-11(12-7-13-14)6-9(15)10-4-3-5-16-10/h7-8,10H,3-6H2,1-2H3. The van der Waals surface area contributed by atoms with Crippen molar-refractivity contribution < 1.29 is 4.79 Å². The molecule has 1 fully saturated rings. The van der Waals surface area contributed by atoms with Gasteiger partial charge in [0.2, 0.25) is 0 Å². The first kappa shape index (κ1) is 11.6. The Balaban J connectivity index is 2.02. The Hall–Kier alpha value is -0.840. The fourth-order valence-electron chi connectivity index (χ4n) is 1.93. The van der Waals surface area contributed by atoms with E-state index in [1.807, 2.05) is 18.5 Å². The lowest BCUT2D eigenvalue weighted by Crippen LogP contribution is -2.20. The van der Waals surface area contributed by atoms with Gasteiger partial charge in [0.1, 0.15) is 12.2 Å². The fourth-order valence-corrected chi connectivity index (χ4v) is 3.15. The van der Waals surface area contributed by atoms with Gasteiger partial charge in [-0.05, 0) is 32.4 Å². The third-order valence-electron chi connectivity index (χ3n) is 2.76. The maximum Gasteiger partial charge on any atom is 0.153 e. The Morgan fingerprint density at radius 3 is 3.12 bits per heavy atom. The molecule has 5 heteroatoms. The molecule has 0 aromatic carbocycles. The first-order valence-corrected chi connectivity index (χ1v) is 6.76. The number of hydrogen-bond acceptors (Lipinski definition) is 4. The van der Waals surface area contributed by atoms with Crippen molar-refractivity contribution in [2.75, 3.05) is 5.75 Å². The van der Waals surface area contributed by atoms with Crippen LogP contribution in [0.1, 0.15) is 38.6 Å². The molecule has 1 aliphatic rings. The SMILES string of the molecule is CC(C)n1ncnc1CC(=O)C1CCCS1. The van der Waals surface area contributed by atoms with Gasteiger partial charge in [0, 0.05) is 6.04 Å². The van der Waals surface area contributed by atoms with Crippen LogP contribution in [0.2, 0.25) is 0 Å². The maximum atomic E-state index is 12.0. The molecule has 1 saturated heterocycles. The molecule has 2 heterocycles. The van der Waals surface area contributed by atoms with E-state index in [1.54, 1.807) is 11.8 Å². The minimum atomic E-state index is 0.192. The molecule has 0 spiro atoms. The predicted octanol–water partition coefficient (Wildman–Crippen LogP) is 1.87. The van der Waals surface area contributed by atoms with E-state index >= 15 is 0 Å². The Labute approximate surface area is 99.8 Å². The highest BCUT2D eigenvalue weighted by Gasteiger charge is 2.24. The third kappa shape index (κ3) is 2.45. The minimum absolute atomic E-state index is 0.192. The smallest absolute Gasteiger partial charge is 0.153 e. The van der Waals surface area contributed by atoms with E-state index < -0.39 is 0 Å². The van der Waals surface area contributed by atoms with Gasteiger partial charge in [-0.25, -0.2) is 9.67 Å². The van der Waals surface area contributed by atoms with Crippen LogP contribution in [0.3, 0.4) is 0 Å². The van der Waals surface area contributed by atoms with Crippen molar-refractivity contribution in [2.24, 2.45) is 0 Å². The van der Waals surface area contributed by atoms with Crippen molar-refractivity contribution in [3.05, 3.63) is 12.2 Å². The van der Waals surface area contributed by atoms with Gasteiger partial charge in [-0.1, -0.05) is 0 Å². The maximum absolute atomic E-state index is 12.0. The summed E-state index contributed by atoms with van der Waals surface area (Å²) in [6.07, 6.45) is 4.15. The fraction of sp³-hybridized carbons (Fsp3) is 0.727. The van der Waals surface area contributed by atoms with Gasteiger partial charge in [0.25, 0.3) is 0 Å². The van der Waals surface area contributed by atoms with Crippen molar-refractivity contribution in [2.45, 2.75) is 44.4 Å². The van der Waals surface area contributed by atoms with Crippen LogP contribution in [0.25, 0.3) is 0 Å². The van der Waals surface area contributed by atoms with Crippen LogP contribution in [0.5, 0.6) is 0 Å². The van der Waals surface area contributed by atoms with Crippen LogP contribution in [-0.4, -0.2) is 31.6 Å². The molecule has 1 aliphatic heterocycles. The average molecular weight is 239 g/mol. The van der Waals surface area contributed by atoms with Crippen LogP contribution in [0.15, 0.2) is 6.33 Å². The van der Waals surface area contributed by atoms with Gasteiger partial charge in [-0.15, -0.1) is 0 Å². The molecule has 1 aromatic rings. The van der Waals surface area contributed by atoms with Gasteiger partial charge in [-0.2, -0.15) is 16.9 Å². The Kier molecular flexibility index (Phi) is 3.63. The molecule has 88 valence electrons. The van der Waals surface area contributed by atoms with E-state index in [0.29, 0.717) is 12.2 Å². The number of ketones is 1. The molecule has 1 aromatic heterocycles. The summed E-state index contributed by atoms with van der Waals surface area (Å²) in [4.78, 5) is 16.2. The number of nitrogens with zero attached hydrogens (tertiary/aromatic N) is 3. The first-order valence-electron chi connectivity index (χ1n) is 5.71. The second-order valence-corrected chi connectivity index (χ2v) is 5.67. The van der Waals surface area contributed by atoms with Gasteiger partial charge < -0.3 is 0 Å². The van der Waals surface area contributed by atoms with Crippen LogP contribution in [0.4, 0.5) is 0 Å². The molecular weight excluding hydrogens is 222 g/mol. The van der Waals surface area contributed by atoms with E-state index in [4.69, 9.17) is 0 Å². The summed E-state index contributed by atoms with van der Waals surface area (Å²) in [6.45, 7) is 4.10. The van der Waals surface area contributed by atoms with E-state index in [0.717, 1.165) is 24.4 Å². The van der Waals surface area contributed by atoms with E-state index in [1.165, 1.54) is 6.33 Å². The zero-order valence-corrected chi connectivity index (χ0v) is 10.5. The van der Waals surface area contributed by atoms with Crippen molar-refractivity contribution in [1.29, 1.82) is 0 Å². The average Bonchev–Trinajstić information content (AvgIpc) is 2.86. The summed E-state index contributed by atoms with van der Waals surface area (Å²) in [5.74, 6) is 2.22. The Bertz CT molecular complexity index is 369. The van der Waals surface area contributed by atoms with Gasteiger partial charge >= 0.3 is 0 Å². The highest BCUT2D eigenvalue weighted by Crippen LogP contribution is 2.27. The predicted molar refractivity (Wildman–Crippen MR) is 64.6 cm³/mol. The third-order valence-corrected chi connectivity index (χ3v) is 4.18. The monoisotopic (exact) mass is 239 g/mol. The molecule has 16 heavy (non-hydrogen) atoms. The topological polar surface area (TPSA) is 47.8 Å². The molecular formula is C11H17N3OS. The summed E-state index contributed by atoms with van der Waals surface area (Å²) >= 11 is 1.78. The van der Waals surface area contributed by atoms with Crippen LogP contribution in [-0.2, 0) is 11.2 Å². The number of aromatic nitrogens is 3. The zero-order valence-electron chi connectivity index (χ0n) is 9.72. The number of carbonyl (C=O) groups excluding carboxylic acids is 1. The quantitative estimate of drug-likeness (QED) is 0.804. The minimum Gasteiger partial charge on any atom is -0.298 e. The van der Waals surface area contributed by atoms with Crippen molar-refractivity contribution in [3.8, 4) is 0 Å². The molecule has 0 saturated carbocycles. The summed E-state index contributed by atoms with van der Waals surface area (Å²) in [5.41, 5.74) is 0. The Morgan fingerprint density at radius 1 is 1.69 bits per heavy atom. The lowest BCUT2D eigenvalue weighted by molar-refractivity contribution is -0.118. The van der Waals surface area contributed by atoms with Crippen molar-refractivity contribution in [1.82, 2.24) is 14.8 Å². The largest absolute Gasteiger partial charge is 0.298 e. The molecule has 0 radical (unpaired) electrons. The second kappa shape index (κ2) is 4.99. The molecule has 1 unspecified atom stereocenters. The summed E-state index contributed by atoms with van der Waals surface area (Å²) in [7, 11) is 0. The van der Waals surface area contributed by atoms with Gasteiger partial charge in [0.15, 0.2) is 5.78 Å². The number of rotatable bonds is 4. The summed E-state index contributed by atoms with van der Waals surface area (Å²) in [5, 5.41) is 4.33. The van der Waals surface area contributed by atoms with Gasteiger partial charge in [0.05, 0.1) is 11.7 Å². The molecule has 0 aliphatic carbocycles. The molecule has 0 amide bonds. The molecule has 2 rings (SSSR count). The second-order valence-electron chi connectivity index (χ2n) is 4.36. The normalized spacial score (nSPS) is 20.6. The van der Waals surface area contributed by atoms with Crippen LogP contribution >= 0.6 is 11.8 Å². The summed E-state index contributed by atoms with van der Waals surface area (Å²) in [6, 6.07) is 0.265. The lowest BCUT2D eigenvalue weighted by Gasteiger charge is -2.10. The van der Waals surface area contributed by atoms with E-state index in [2.05, 4.69) is 10.1 Å². The number of hydrogen-bond donors (Lipinski definition) is 0. The number of Topliss-reactive ketones (excluding diaryl/α,β-unsaturated/α-hetero) is 1. The zero-order chi connectivity index (χ0) is 11.5. The van der Waals surface area contributed by atoms with E-state index in [-0.39, 0.29) is 11.3 Å². The summed E-state index contributed by atoms with van der Waals surface area (Å²) < 4.78 is 1.83. The van der Waals surface area contributed by atoms with Crippen LogP contribution < -0.4 is 0 Å². The van der Waals surface area contributed by atoms with Gasteiger partial charge in [-0.3, -0.25) is 4.79 Å². The van der Waals surface area contributed by atoms with Crippen LogP contribution in [0, 0.1) is 0 Å². The first-order chi connectivity index (χ1) is 7.68. The lowest BCUT2D eigenvalue weighted by atomic mass is 10.1.